The highest BCUT2D eigenvalue weighted by Gasteiger charge is 2.34. The first-order valence-corrected chi connectivity index (χ1v) is 9.67. The van der Waals surface area contributed by atoms with Gasteiger partial charge >= 0.3 is 11.7 Å². The molecule has 0 amide bonds. The molecule has 0 saturated heterocycles. The summed E-state index contributed by atoms with van der Waals surface area (Å²) in [5.74, 6) is 0. The molecule has 0 aromatic heterocycles. The fourth-order valence-electron chi connectivity index (χ4n) is 2.60. The van der Waals surface area contributed by atoms with Crippen molar-refractivity contribution in [1.29, 1.82) is 0 Å². The molecule has 0 aliphatic heterocycles. The fraction of sp³-hybridized carbons (Fsp3) is 0.650. The Morgan fingerprint density at radius 2 is 1.63 bits per heavy atom. The zero-order valence-corrected chi connectivity index (χ0v) is 16.2. The van der Waals surface area contributed by atoms with Crippen molar-refractivity contribution in [2.45, 2.75) is 83.6 Å². The SMILES string of the molecule is CCCCCCCC(/C(=C/C/C=C/C/C=C/CCC[C]=O)[N+](=O)[O-])[N+](=O)[O-]. The quantitative estimate of drug-likeness (QED) is 0.147. The number of allylic oxidation sites excluding steroid dienone is 5. The Hall–Kier alpha value is -2.31. The molecule has 0 aromatic rings. The van der Waals surface area contributed by atoms with Crippen LogP contribution >= 0.6 is 0 Å². The molecular weight excluding hydrogens is 348 g/mol. The summed E-state index contributed by atoms with van der Waals surface area (Å²) in [6, 6.07) is -1.25. The van der Waals surface area contributed by atoms with Crippen molar-refractivity contribution in [2.24, 2.45) is 0 Å². The van der Waals surface area contributed by atoms with Gasteiger partial charge in [0.2, 0.25) is 0 Å². The summed E-state index contributed by atoms with van der Waals surface area (Å²) < 4.78 is 0. The second-order valence-electron chi connectivity index (χ2n) is 6.34. The molecule has 0 bridgehead atoms. The molecule has 0 spiro atoms. The molecule has 0 aliphatic rings. The maximum Gasteiger partial charge on any atom is 0.315 e. The van der Waals surface area contributed by atoms with Gasteiger partial charge < -0.3 is 0 Å². The molecule has 0 fully saturated rings. The number of carbonyl (C=O) groups excluding carboxylic acids is 1. The zero-order chi connectivity index (χ0) is 20.3. The van der Waals surface area contributed by atoms with E-state index in [4.69, 9.17) is 0 Å². The van der Waals surface area contributed by atoms with E-state index >= 15 is 0 Å². The summed E-state index contributed by atoms with van der Waals surface area (Å²) in [6.45, 7) is 2.09. The average Bonchev–Trinajstić information content (AvgIpc) is 2.63. The average molecular weight is 379 g/mol. The van der Waals surface area contributed by atoms with Gasteiger partial charge in [0.05, 0.1) is 4.92 Å². The Morgan fingerprint density at radius 3 is 2.26 bits per heavy atom. The lowest BCUT2D eigenvalue weighted by atomic mass is 10.0. The summed E-state index contributed by atoms with van der Waals surface area (Å²) in [7, 11) is 0. The number of nitrogens with zero attached hydrogens (tertiary/aromatic N) is 2. The Morgan fingerprint density at radius 1 is 0.963 bits per heavy atom. The fourth-order valence-corrected chi connectivity index (χ4v) is 2.60. The van der Waals surface area contributed by atoms with Crippen LogP contribution in [-0.4, -0.2) is 22.2 Å². The maximum atomic E-state index is 11.3. The number of hydrogen-bond acceptors (Lipinski definition) is 5. The Labute approximate surface area is 161 Å². The molecule has 1 atom stereocenters. The molecule has 0 N–H and O–H groups in total. The number of nitro groups is 2. The van der Waals surface area contributed by atoms with Gasteiger partial charge in [-0.1, -0.05) is 56.9 Å². The number of hydrogen-bond donors (Lipinski definition) is 0. The van der Waals surface area contributed by atoms with Crippen molar-refractivity contribution in [3.8, 4) is 0 Å². The number of unbranched alkanes of at least 4 members (excludes halogenated alkanes) is 6. The third-order valence-electron chi connectivity index (χ3n) is 4.11. The van der Waals surface area contributed by atoms with Crippen LogP contribution in [0.1, 0.15) is 77.6 Å². The van der Waals surface area contributed by atoms with Crippen LogP contribution in [0.4, 0.5) is 0 Å². The lowest BCUT2D eigenvalue weighted by Crippen LogP contribution is -2.26. The maximum absolute atomic E-state index is 11.3. The third-order valence-corrected chi connectivity index (χ3v) is 4.11. The first-order chi connectivity index (χ1) is 13.0. The highest BCUT2D eigenvalue weighted by Crippen LogP contribution is 2.17. The van der Waals surface area contributed by atoms with Crippen molar-refractivity contribution in [3.05, 3.63) is 56.3 Å². The summed E-state index contributed by atoms with van der Waals surface area (Å²) >= 11 is 0. The van der Waals surface area contributed by atoms with Crippen LogP contribution in [0, 0.1) is 20.2 Å². The van der Waals surface area contributed by atoms with Crippen molar-refractivity contribution < 1.29 is 14.6 Å². The predicted octanol–water partition coefficient (Wildman–Crippen LogP) is 5.33. The highest BCUT2D eigenvalue weighted by molar-refractivity contribution is 5.50. The van der Waals surface area contributed by atoms with Crippen LogP contribution < -0.4 is 0 Å². The van der Waals surface area contributed by atoms with Crippen molar-refractivity contribution in [3.63, 3.8) is 0 Å². The van der Waals surface area contributed by atoms with Crippen LogP contribution in [0.3, 0.4) is 0 Å². The van der Waals surface area contributed by atoms with E-state index in [1.165, 1.54) is 6.08 Å². The molecule has 7 heteroatoms. The monoisotopic (exact) mass is 379 g/mol. The summed E-state index contributed by atoms with van der Waals surface area (Å²) in [5.41, 5.74) is -0.319. The van der Waals surface area contributed by atoms with Gasteiger partial charge in [-0.2, -0.15) is 0 Å². The van der Waals surface area contributed by atoms with Gasteiger partial charge in [-0.05, 0) is 32.1 Å². The molecule has 0 rings (SSSR count). The molecule has 0 saturated carbocycles. The first kappa shape index (κ1) is 24.7. The molecule has 0 heterocycles. The van der Waals surface area contributed by atoms with Crippen LogP contribution in [0.5, 0.6) is 0 Å². The van der Waals surface area contributed by atoms with Gasteiger partial charge in [-0.25, -0.2) is 0 Å². The van der Waals surface area contributed by atoms with Crippen LogP contribution in [-0.2, 0) is 4.79 Å². The van der Waals surface area contributed by atoms with Gasteiger partial charge in [0.1, 0.15) is 0 Å². The van der Waals surface area contributed by atoms with Gasteiger partial charge in [-0.3, -0.25) is 25.0 Å². The normalized spacial score (nSPS) is 13.3. The lowest BCUT2D eigenvalue weighted by molar-refractivity contribution is -0.556. The van der Waals surface area contributed by atoms with Crippen LogP contribution in [0.25, 0.3) is 0 Å². The molecule has 7 nitrogen and oxygen atoms in total. The van der Waals surface area contributed by atoms with Gasteiger partial charge in [0.15, 0.2) is 6.29 Å². The minimum Gasteiger partial charge on any atom is -0.291 e. The summed E-state index contributed by atoms with van der Waals surface area (Å²) in [4.78, 5) is 31.4. The van der Waals surface area contributed by atoms with E-state index in [1.54, 1.807) is 6.08 Å². The van der Waals surface area contributed by atoms with E-state index in [1.807, 2.05) is 24.5 Å². The molecular formula is C20H31N2O5. The summed E-state index contributed by atoms with van der Waals surface area (Å²) in [5, 5.41) is 22.5. The molecule has 0 aliphatic carbocycles. The van der Waals surface area contributed by atoms with E-state index in [0.29, 0.717) is 25.7 Å². The predicted molar refractivity (Wildman–Crippen MR) is 106 cm³/mol. The molecule has 1 unspecified atom stereocenters. The largest absolute Gasteiger partial charge is 0.315 e. The topological polar surface area (TPSA) is 103 Å². The Kier molecular flexibility index (Phi) is 15.7. The summed E-state index contributed by atoms with van der Waals surface area (Å²) in [6.07, 6.45) is 18.6. The number of rotatable bonds is 17. The Balaban J connectivity index is 4.49. The molecule has 27 heavy (non-hydrogen) atoms. The van der Waals surface area contributed by atoms with Crippen LogP contribution in [0.2, 0.25) is 0 Å². The van der Waals surface area contributed by atoms with Crippen molar-refractivity contribution in [1.82, 2.24) is 0 Å². The van der Waals surface area contributed by atoms with Gasteiger partial charge in [0.25, 0.3) is 0 Å². The van der Waals surface area contributed by atoms with Crippen molar-refractivity contribution >= 4 is 6.29 Å². The van der Waals surface area contributed by atoms with E-state index in [-0.39, 0.29) is 12.1 Å². The van der Waals surface area contributed by atoms with E-state index in [9.17, 15) is 25.0 Å². The van der Waals surface area contributed by atoms with E-state index < -0.39 is 15.9 Å². The van der Waals surface area contributed by atoms with Gasteiger partial charge in [-0.15, -0.1) is 0 Å². The minimum absolute atomic E-state index is 0.203. The molecule has 0 aromatic carbocycles. The minimum atomic E-state index is -1.25. The van der Waals surface area contributed by atoms with E-state index in [0.717, 1.165) is 38.5 Å². The van der Waals surface area contributed by atoms with Gasteiger partial charge in [0, 0.05) is 23.8 Å². The first-order valence-electron chi connectivity index (χ1n) is 9.67. The van der Waals surface area contributed by atoms with Crippen molar-refractivity contribution in [2.75, 3.05) is 0 Å². The highest BCUT2D eigenvalue weighted by atomic mass is 16.6. The van der Waals surface area contributed by atoms with Crippen LogP contribution in [0.15, 0.2) is 36.1 Å². The second-order valence-corrected chi connectivity index (χ2v) is 6.34. The second kappa shape index (κ2) is 17.1. The molecule has 1 radical (unpaired) electrons. The third kappa shape index (κ3) is 13.5. The Bertz CT molecular complexity index is 526. The standard InChI is InChI=1S/C20H31N2O5/c1-2-3-4-10-13-16-19(21(24)25)20(22(26)27)17-14-11-8-6-5-7-9-12-15-18-23/h5,7-8,11,17,19H,2-4,6,9-10,12-16H2,1H3/b7-5+,11-8+,20-17-. The molecule has 151 valence electrons. The van der Waals surface area contributed by atoms with E-state index in [2.05, 4.69) is 6.92 Å². The zero-order valence-electron chi connectivity index (χ0n) is 16.2. The smallest absolute Gasteiger partial charge is 0.291 e. The lowest BCUT2D eigenvalue weighted by Gasteiger charge is -2.07.